The van der Waals surface area contributed by atoms with Crippen LogP contribution in [-0.2, 0) is 0 Å². The van der Waals surface area contributed by atoms with Gasteiger partial charge in [-0.1, -0.05) is 65.5 Å². The van der Waals surface area contributed by atoms with Gasteiger partial charge >= 0.3 is 0 Å². The number of rotatable bonds is 16. The van der Waals surface area contributed by atoms with E-state index in [-0.39, 0.29) is 21.5 Å². The summed E-state index contributed by atoms with van der Waals surface area (Å²) in [6.45, 7) is 17.5. The minimum absolute atomic E-state index is 0.262. The Kier molecular flexibility index (Phi) is 19.6. The molecular weight excluding hydrogens is 957 g/mol. The van der Waals surface area contributed by atoms with Crippen LogP contribution in [0.3, 0.4) is 0 Å². The van der Waals surface area contributed by atoms with Gasteiger partial charge in [-0.15, -0.1) is 0 Å². The first kappa shape index (κ1) is 55.5. The highest BCUT2D eigenvalue weighted by Gasteiger charge is 2.09. The Morgan fingerprint density at radius 1 is 0.355 bits per heavy atom. The minimum Gasteiger partial charge on any atom is -0.493 e. The smallest absolute Gasteiger partial charge is 0.259 e. The van der Waals surface area contributed by atoms with Gasteiger partial charge in [-0.05, 0) is 171 Å². The van der Waals surface area contributed by atoms with E-state index in [4.69, 9.17) is 28.9 Å². The minimum atomic E-state index is -0.433. The van der Waals surface area contributed by atoms with Crippen LogP contribution in [0.25, 0.3) is 65.4 Å². The number of fused-ring (bicyclic) bond motifs is 12. The van der Waals surface area contributed by atoms with Crippen molar-refractivity contribution in [2.75, 3.05) is 26.4 Å². The zero-order valence-corrected chi connectivity index (χ0v) is 45.0. The maximum Gasteiger partial charge on any atom is 0.259 e. The molecule has 14 heteroatoms. The Balaban J connectivity index is 1.60. The molecule has 4 N–H and O–H groups in total. The lowest BCUT2D eigenvalue weighted by molar-refractivity contribution is 0.312. The van der Waals surface area contributed by atoms with E-state index in [2.05, 4.69) is 47.6 Å². The summed E-state index contributed by atoms with van der Waals surface area (Å²) >= 11 is 0. The summed E-state index contributed by atoms with van der Waals surface area (Å²) in [4.78, 5) is 79.5. The molecule has 7 rings (SSSR count). The second-order valence-corrected chi connectivity index (χ2v) is 19.0. The Labute approximate surface area is 441 Å². The van der Waals surface area contributed by atoms with Crippen LogP contribution in [-0.4, -0.2) is 56.3 Å². The van der Waals surface area contributed by atoms with E-state index in [9.17, 15) is 19.2 Å². The highest BCUT2D eigenvalue weighted by Crippen LogP contribution is 2.24. The van der Waals surface area contributed by atoms with Crippen LogP contribution in [0.4, 0.5) is 0 Å². The number of aromatic amines is 4. The van der Waals surface area contributed by atoms with Crippen molar-refractivity contribution in [3.05, 3.63) is 173 Å². The van der Waals surface area contributed by atoms with Crippen molar-refractivity contribution in [3.63, 3.8) is 0 Å². The van der Waals surface area contributed by atoms with Crippen molar-refractivity contribution in [1.29, 1.82) is 0 Å². The number of hydrogen-bond acceptors (Lipinski definition) is 10. The first-order chi connectivity index (χ1) is 36.8. The number of ether oxygens (including phenoxy) is 4. The number of nitrogens with one attached hydrogen (secondary N) is 4. The number of H-pyrrole nitrogens is 4. The molecule has 0 aliphatic heterocycles. The van der Waals surface area contributed by atoms with Crippen LogP contribution in [0.5, 0.6) is 23.0 Å². The maximum atomic E-state index is 14.4. The van der Waals surface area contributed by atoms with E-state index in [0.29, 0.717) is 93.3 Å². The summed E-state index contributed by atoms with van der Waals surface area (Å²) in [5.74, 6) is 1.59. The molecule has 396 valence electrons. The van der Waals surface area contributed by atoms with Crippen molar-refractivity contribution >= 4 is 65.4 Å². The van der Waals surface area contributed by atoms with Crippen molar-refractivity contribution in [1.82, 2.24) is 29.9 Å². The summed E-state index contributed by atoms with van der Waals surface area (Å²) < 4.78 is 24.6. The SMILES string of the molecule is CCCCOc1ccc2cnc3ccc(OCCCC)c(c3)c(=O)[nH]c3cc([nH]c(=O)c4cc(ccc4OCCCC)ncc4ccc(OCCCC)c(c4)c(=O)[nH]c4cc([nH]c(=O)c1c2)c(C)cc4C)c(C)cc3C. The lowest BCUT2D eigenvalue weighted by atomic mass is 10.1. The van der Waals surface area contributed by atoms with Crippen LogP contribution >= 0.6 is 0 Å². The fraction of sp³-hybridized carbons (Fsp3) is 0.323. The normalized spacial score (nSPS) is 10.9. The van der Waals surface area contributed by atoms with Gasteiger partial charge in [0.1, 0.15) is 23.0 Å². The van der Waals surface area contributed by atoms with Crippen molar-refractivity contribution in [3.8, 4) is 23.0 Å². The van der Waals surface area contributed by atoms with E-state index >= 15 is 0 Å². The standard InChI is InChI=1S/C62H70N6O8/c1-9-13-25-73-55-21-17-43-31-47(55)59(69)65-51-35-52(40(6)29-39(51)5)66-60(70)48-32-44(18-22-56(48)74-26-14-10-2)38-64-46-20-24-58(76-28-16-12-4)50(34-46)62(72)68-54-36-53(41(7)30-42(54)8)67-61(71)49-33-45(63-37-43)19-23-57(49)75-27-15-11-3/h17-24,29-38H,9-16,25-28H2,1-8H3,(H,65,69)(H,66,70)(H,67,71)(H,68,72). The molecule has 0 fully saturated rings. The van der Waals surface area contributed by atoms with E-state index < -0.39 is 22.2 Å². The maximum absolute atomic E-state index is 14.4. The third kappa shape index (κ3) is 14.5. The Hall–Kier alpha value is -8.26. The summed E-state index contributed by atoms with van der Waals surface area (Å²) in [5.41, 5.74) is 4.29. The Bertz CT molecular complexity index is 3350. The molecule has 0 saturated heterocycles. The van der Waals surface area contributed by atoms with E-state index in [1.807, 2.05) is 52.0 Å². The number of unbranched alkanes of at least 4 members (excludes halogenated alkanes) is 4. The second kappa shape index (κ2) is 26.8. The number of benzene rings is 6. The average molecular weight is 1030 g/mol. The predicted octanol–water partition coefficient (Wildman–Crippen LogP) is 13.2. The molecule has 12 bridgehead atoms. The number of hydrogen-bond donors (Lipinski definition) is 4. The molecule has 7 aromatic rings. The van der Waals surface area contributed by atoms with Gasteiger partial charge in [-0.3, -0.25) is 29.1 Å². The van der Waals surface area contributed by atoms with Gasteiger partial charge in [-0.2, -0.15) is 0 Å². The topological polar surface area (TPSA) is 194 Å². The molecule has 0 radical (unpaired) electrons. The number of aryl methyl sites for hydroxylation is 4. The fourth-order valence-electron chi connectivity index (χ4n) is 8.27. The first-order valence-electron chi connectivity index (χ1n) is 26.4. The van der Waals surface area contributed by atoms with Crippen LogP contribution < -0.4 is 41.2 Å². The molecule has 0 atom stereocenters. The van der Waals surface area contributed by atoms with Crippen molar-refractivity contribution < 1.29 is 18.9 Å². The zero-order chi connectivity index (χ0) is 54.1. The summed E-state index contributed by atoms with van der Waals surface area (Å²) in [7, 11) is 0. The summed E-state index contributed by atoms with van der Waals surface area (Å²) in [5, 5.41) is 2.31. The Morgan fingerprint density at radius 3 is 0.921 bits per heavy atom. The summed E-state index contributed by atoms with van der Waals surface area (Å²) in [6.07, 6.45) is 10.1. The third-order valence-corrected chi connectivity index (χ3v) is 12.8. The largest absolute Gasteiger partial charge is 0.493 e. The highest BCUT2D eigenvalue weighted by molar-refractivity contribution is 5.78. The molecule has 1 aromatic heterocycles. The number of nitrogens with zero attached hydrogens (tertiary/aromatic N) is 2. The molecule has 0 unspecified atom stereocenters. The average Bonchev–Trinajstić information content (AvgIpc) is 3.41. The number of aromatic nitrogens is 6. The van der Waals surface area contributed by atoms with Crippen LogP contribution in [0, 0.1) is 27.7 Å². The first-order valence-corrected chi connectivity index (χ1v) is 26.4. The quantitative estimate of drug-likeness (QED) is 0.0677. The fourth-order valence-corrected chi connectivity index (χ4v) is 8.27. The van der Waals surface area contributed by atoms with Gasteiger partial charge in [0.15, 0.2) is 0 Å². The van der Waals surface area contributed by atoms with E-state index in [0.717, 1.165) is 73.6 Å². The third-order valence-electron chi connectivity index (χ3n) is 12.8. The predicted molar refractivity (Wildman–Crippen MR) is 309 cm³/mol. The lowest BCUT2D eigenvalue weighted by Gasteiger charge is -2.07. The molecule has 0 spiro atoms. The molecule has 0 amide bonds. The van der Waals surface area contributed by atoms with Crippen molar-refractivity contribution in [2.24, 2.45) is 0 Å². The molecular formula is C62H70N6O8. The van der Waals surface area contributed by atoms with Crippen molar-refractivity contribution in [2.45, 2.75) is 107 Å². The van der Waals surface area contributed by atoms with E-state index in [1.165, 1.54) is 0 Å². The van der Waals surface area contributed by atoms with Crippen LogP contribution in [0.2, 0.25) is 0 Å². The van der Waals surface area contributed by atoms with Gasteiger partial charge in [0.05, 0.1) is 59.0 Å². The molecule has 0 aliphatic carbocycles. The molecule has 0 aliphatic rings. The highest BCUT2D eigenvalue weighted by atomic mass is 16.5. The monoisotopic (exact) mass is 1030 g/mol. The molecule has 0 saturated carbocycles. The van der Waals surface area contributed by atoms with Gasteiger partial charge in [0.25, 0.3) is 22.2 Å². The van der Waals surface area contributed by atoms with Crippen LogP contribution in [0.1, 0.15) is 101 Å². The van der Waals surface area contributed by atoms with Gasteiger partial charge in [0, 0.05) is 34.5 Å². The van der Waals surface area contributed by atoms with Gasteiger partial charge < -0.3 is 38.9 Å². The molecule has 76 heavy (non-hydrogen) atoms. The lowest BCUT2D eigenvalue weighted by Crippen LogP contribution is -2.08. The second-order valence-electron chi connectivity index (χ2n) is 19.0. The molecule has 14 nitrogen and oxygen atoms in total. The van der Waals surface area contributed by atoms with Gasteiger partial charge in [-0.25, -0.2) is 0 Å². The van der Waals surface area contributed by atoms with E-state index in [1.54, 1.807) is 85.2 Å². The molecule has 1 heterocycles. The van der Waals surface area contributed by atoms with Crippen LogP contribution in [0.15, 0.2) is 129 Å². The molecule has 6 aromatic carbocycles. The summed E-state index contributed by atoms with van der Waals surface area (Å²) in [6, 6.07) is 28.2. The Morgan fingerprint density at radius 2 is 0.632 bits per heavy atom. The zero-order valence-electron chi connectivity index (χ0n) is 45.0. The van der Waals surface area contributed by atoms with Gasteiger partial charge in [0.2, 0.25) is 0 Å².